The molecular formula is C19H21FN2O4. The Bertz CT molecular complexity index is 808. The molecule has 0 aromatic heterocycles. The fraction of sp³-hybridized carbons (Fsp3) is 0.263. The summed E-state index contributed by atoms with van der Waals surface area (Å²) in [5.41, 5.74) is 1.86. The fourth-order valence-corrected chi connectivity index (χ4v) is 2.38. The van der Waals surface area contributed by atoms with Crippen LogP contribution in [-0.2, 0) is 16.0 Å². The van der Waals surface area contributed by atoms with Crippen LogP contribution in [-0.4, -0.2) is 32.6 Å². The van der Waals surface area contributed by atoms with E-state index >= 15 is 0 Å². The lowest BCUT2D eigenvalue weighted by Crippen LogP contribution is -2.36. The summed E-state index contributed by atoms with van der Waals surface area (Å²) >= 11 is 0. The van der Waals surface area contributed by atoms with Gasteiger partial charge in [-0.2, -0.15) is 0 Å². The summed E-state index contributed by atoms with van der Waals surface area (Å²) in [6.45, 7) is 1.93. The average molecular weight is 360 g/mol. The summed E-state index contributed by atoms with van der Waals surface area (Å²) in [5, 5.41) is 5.02. The molecule has 0 spiro atoms. The van der Waals surface area contributed by atoms with Crippen LogP contribution in [0.15, 0.2) is 36.4 Å². The molecule has 0 bridgehead atoms. The van der Waals surface area contributed by atoms with Gasteiger partial charge in [0.25, 0.3) is 0 Å². The minimum atomic E-state index is -0.799. The first-order valence-electron chi connectivity index (χ1n) is 8.01. The zero-order valence-electron chi connectivity index (χ0n) is 14.9. The van der Waals surface area contributed by atoms with E-state index in [0.29, 0.717) is 29.2 Å². The third-order valence-electron chi connectivity index (χ3n) is 3.79. The van der Waals surface area contributed by atoms with Crippen LogP contribution in [0, 0.1) is 12.7 Å². The second-order valence-electron chi connectivity index (χ2n) is 5.61. The number of aryl methyl sites for hydroxylation is 1. The van der Waals surface area contributed by atoms with Gasteiger partial charge in [-0.05, 0) is 54.8 Å². The van der Waals surface area contributed by atoms with Gasteiger partial charge >= 0.3 is 11.8 Å². The van der Waals surface area contributed by atoms with Gasteiger partial charge in [-0.15, -0.1) is 0 Å². The molecule has 7 heteroatoms. The normalized spacial score (nSPS) is 10.2. The number of methoxy groups -OCH3 is 2. The lowest BCUT2D eigenvalue weighted by Gasteiger charge is -2.11. The maximum Gasteiger partial charge on any atom is 0.313 e. The second-order valence-corrected chi connectivity index (χ2v) is 5.61. The largest absolute Gasteiger partial charge is 0.493 e. The van der Waals surface area contributed by atoms with Crippen LogP contribution in [0.5, 0.6) is 11.5 Å². The van der Waals surface area contributed by atoms with E-state index in [-0.39, 0.29) is 6.54 Å². The van der Waals surface area contributed by atoms with Crippen molar-refractivity contribution in [3.05, 3.63) is 53.3 Å². The number of hydrogen-bond donors (Lipinski definition) is 2. The fourth-order valence-electron chi connectivity index (χ4n) is 2.38. The molecule has 0 saturated heterocycles. The number of amides is 2. The summed E-state index contributed by atoms with van der Waals surface area (Å²) in [5.74, 6) is -0.740. The molecule has 2 amide bonds. The van der Waals surface area contributed by atoms with Crippen molar-refractivity contribution < 1.29 is 23.5 Å². The van der Waals surface area contributed by atoms with Crippen LogP contribution in [0.4, 0.5) is 10.1 Å². The summed E-state index contributed by atoms with van der Waals surface area (Å²) in [6.07, 6.45) is 0.523. The van der Waals surface area contributed by atoms with E-state index in [2.05, 4.69) is 10.6 Å². The Labute approximate surface area is 151 Å². The Balaban J connectivity index is 1.87. The van der Waals surface area contributed by atoms with Gasteiger partial charge in [0, 0.05) is 12.2 Å². The topological polar surface area (TPSA) is 76.7 Å². The molecule has 138 valence electrons. The monoisotopic (exact) mass is 360 g/mol. The minimum Gasteiger partial charge on any atom is -0.493 e. The van der Waals surface area contributed by atoms with E-state index in [1.807, 2.05) is 12.1 Å². The Morgan fingerprint density at radius 1 is 1.00 bits per heavy atom. The van der Waals surface area contributed by atoms with Crippen molar-refractivity contribution in [2.45, 2.75) is 13.3 Å². The molecule has 0 aliphatic heterocycles. The van der Waals surface area contributed by atoms with Gasteiger partial charge < -0.3 is 20.1 Å². The Hall–Kier alpha value is -3.09. The van der Waals surface area contributed by atoms with E-state index in [0.717, 1.165) is 5.56 Å². The van der Waals surface area contributed by atoms with Crippen LogP contribution in [0.3, 0.4) is 0 Å². The number of ether oxygens (including phenoxy) is 2. The van der Waals surface area contributed by atoms with Gasteiger partial charge in [-0.3, -0.25) is 9.59 Å². The van der Waals surface area contributed by atoms with Gasteiger partial charge in [-0.25, -0.2) is 4.39 Å². The zero-order valence-corrected chi connectivity index (χ0v) is 14.9. The standard InChI is InChI=1S/C19H21FN2O4/c1-12-10-14(20)5-6-15(12)22-19(24)18(23)21-9-8-13-4-7-16(25-2)17(11-13)26-3/h4-7,10-11H,8-9H2,1-3H3,(H,21,23)(H,22,24). The number of carbonyl (C=O) groups is 2. The average Bonchev–Trinajstić information content (AvgIpc) is 2.63. The number of hydrogen-bond acceptors (Lipinski definition) is 4. The number of benzene rings is 2. The smallest absolute Gasteiger partial charge is 0.313 e. The SMILES string of the molecule is COc1ccc(CCNC(=O)C(=O)Nc2ccc(F)cc2C)cc1OC. The van der Waals surface area contributed by atoms with Gasteiger partial charge in [0.05, 0.1) is 14.2 Å². The predicted molar refractivity (Wildman–Crippen MR) is 96.0 cm³/mol. The van der Waals surface area contributed by atoms with E-state index in [4.69, 9.17) is 9.47 Å². The summed E-state index contributed by atoms with van der Waals surface area (Å²) in [7, 11) is 3.10. The molecule has 6 nitrogen and oxygen atoms in total. The van der Waals surface area contributed by atoms with E-state index in [9.17, 15) is 14.0 Å². The van der Waals surface area contributed by atoms with Crippen molar-refractivity contribution in [1.82, 2.24) is 5.32 Å². The van der Waals surface area contributed by atoms with E-state index < -0.39 is 17.6 Å². The van der Waals surface area contributed by atoms with Crippen LogP contribution in [0.25, 0.3) is 0 Å². The number of anilines is 1. The van der Waals surface area contributed by atoms with Gasteiger partial charge in [0.15, 0.2) is 11.5 Å². The van der Waals surface area contributed by atoms with Crippen LogP contribution in [0.2, 0.25) is 0 Å². The van der Waals surface area contributed by atoms with E-state index in [1.54, 1.807) is 27.2 Å². The quantitative estimate of drug-likeness (QED) is 0.776. The number of rotatable bonds is 6. The van der Waals surface area contributed by atoms with Crippen molar-refractivity contribution in [2.24, 2.45) is 0 Å². The van der Waals surface area contributed by atoms with Gasteiger partial charge in [0.1, 0.15) is 5.82 Å². The molecule has 0 atom stereocenters. The first-order chi connectivity index (χ1) is 12.4. The van der Waals surface area contributed by atoms with Crippen molar-refractivity contribution in [1.29, 1.82) is 0 Å². The Morgan fingerprint density at radius 2 is 1.73 bits per heavy atom. The highest BCUT2D eigenvalue weighted by Gasteiger charge is 2.14. The zero-order chi connectivity index (χ0) is 19.1. The molecule has 26 heavy (non-hydrogen) atoms. The summed E-state index contributed by atoms with van der Waals surface area (Å²) in [6, 6.07) is 9.37. The highest BCUT2D eigenvalue weighted by molar-refractivity contribution is 6.39. The van der Waals surface area contributed by atoms with Gasteiger partial charge in [-0.1, -0.05) is 6.07 Å². The Kier molecular flexibility index (Phi) is 6.54. The molecule has 2 aromatic carbocycles. The molecular weight excluding hydrogens is 339 g/mol. The predicted octanol–water partition coefficient (Wildman–Crippen LogP) is 2.45. The third kappa shape index (κ3) is 4.95. The van der Waals surface area contributed by atoms with Crippen molar-refractivity contribution >= 4 is 17.5 Å². The molecule has 0 fully saturated rings. The Morgan fingerprint density at radius 3 is 2.38 bits per heavy atom. The lowest BCUT2D eigenvalue weighted by atomic mass is 10.1. The highest BCUT2D eigenvalue weighted by atomic mass is 19.1. The minimum absolute atomic E-state index is 0.282. The van der Waals surface area contributed by atoms with Crippen molar-refractivity contribution in [2.75, 3.05) is 26.1 Å². The molecule has 2 aromatic rings. The molecule has 0 aliphatic carbocycles. The maximum absolute atomic E-state index is 13.1. The maximum atomic E-state index is 13.1. The third-order valence-corrected chi connectivity index (χ3v) is 3.79. The summed E-state index contributed by atoms with van der Waals surface area (Å²) < 4.78 is 23.5. The molecule has 0 aliphatic rings. The summed E-state index contributed by atoms with van der Waals surface area (Å²) in [4.78, 5) is 23.8. The molecule has 0 saturated carbocycles. The first-order valence-corrected chi connectivity index (χ1v) is 8.01. The number of halogens is 1. The van der Waals surface area contributed by atoms with Crippen LogP contribution >= 0.6 is 0 Å². The molecule has 0 heterocycles. The molecule has 2 N–H and O–H groups in total. The lowest BCUT2D eigenvalue weighted by molar-refractivity contribution is -0.136. The second kappa shape index (κ2) is 8.84. The van der Waals surface area contributed by atoms with Crippen LogP contribution in [0.1, 0.15) is 11.1 Å². The van der Waals surface area contributed by atoms with Crippen LogP contribution < -0.4 is 20.1 Å². The van der Waals surface area contributed by atoms with Crippen molar-refractivity contribution in [3.63, 3.8) is 0 Å². The van der Waals surface area contributed by atoms with E-state index in [1.165, 1.54) is 18.2 Å². The molecule has 2 rings (SSSR count). The number of carbonyl (C=O) groups excluding carboxylic acids is 2. The molecule has 0 radical (unpaired) electrons. The highest BCUT2D eigenvalue weighted by Crippen LogP contribution is 2.27. The van der Waals surface area contributed by atoms with Crippen molar-refractivity contribution in [3.8, 4) is 11.5 Å². The number of nitrogens with one attached hydrogen (secondary N) is 2. The first kappa shape index (κ1) is 19.2. The molecule has 0 unspecified atom stereocenters. The van der Waals surface area contributed by atoms with Gasteiger partial charge in [0.2, 0.25) is 0 Å².